The molecule has 18 nitrogen and oxygen atoms in total. The molecule has 4 aromatic carbocycles. The lowest BCUT2D eigenvalue weighted by Crippen LogP contribution is -2.14. The Kier molecular flexibility index (Phi) is 21.2. The van der Waals surface area contributed by atoms with Gasteiger partial charge in [-0.05, 0) is 113 Å². The van der Waals surface area contributed by atoms with Crippen LogP contribution in [0.1, 0.15) is 142 Å². The van der Waals surface area contributed by atoms with Crippen molar-refractivity contribution in [2.24, 2.45) is 0 Å². The van der Waals surface area contributed by atoms with E-state index in [0.29, 0.717) is 79.5 Å². The highest BCUT2D eigenvalue weighted by Crippen LogP contribution is 2.48. The normalized spacial score (nSPS) is 14.0. The molecule has 2 aliphatic carbocycles. The van der Waals surface area contributed by atoms with Crippen molar-refractivity contribution in [1.29, 1.82) is 0 Å². The van der Waals surface area contributed by atoms with Crippen molar-refractivity contribution in [2.45, 2.75) is 112 Å². The zero-order valence-electron chi connectivity index (χ0n) is 54.3. The van der Waals surface area contributed by atoms with E-state index in [1.807, 2.05) is 71.2 Å². The number of nitrogens with two attached hydrogens (primary N) is 3. The first-order valence-electron chi connectivity index (χ1n) is 30.7. The summed E-state index contributed by atoms with van der Waals surface area (Å²) < 4.78 is 59.9. The Balaban J connectivity index is 0.000000157. The summed E-state index contributed by atoms with van der Waals surface area (Å²) in [7, 11) is 1.67. The number of anilines is 3. The Morgan fingerprint density at radius 3 is 1.25 bits per heavy atom. The number of imidazole rings is 3. The fourth-order valence-corrected chi connectivity index (χ4v) is 12.9. The molecule has 0 saturated carbocycles. The SMILES string of the molecule is CC(C)Oc1c([C@@H](C)c2nc(Cl)c3c(N)nccn23)cc(Cl)c(F)c1C1=CCC(=O)C=C1.CC(C)Oc1c([C@H](C)c2nc(Cl)c3c(N)nccn23)cc(Cl)c(F)c1C1=CCC(=O)C=C1.CCOc1c([C@@H](C)c2nc(Cl)c3c(N)nccn23)cc(C)c(C)c1-c1ccc(OC)cc1. The molecule has 0 saturated heterocycles. The Morgan fingerprint density at radius 2 is 0.917 bits per heavy atom. The number of methoxy groups -OCH3 is 1. The second-order valence-corrected chi connectivity index (χ2v) is 25.3. The van der Waals surface area contributed by atoms with Crippen molar-refractivity contribution in [1.82, 2.24) is 43.1 Å². The molecule has 0 fully saturated rings. The van der Waals surface area contributed by atoms with Crippen molar-refractivity contribution in [3.63, 3.8) is 0 Å². The van der Waals surface area contributed by atoms with Gasteiger partial charge in [0.2, 0.25) is 0 Å². The quantitative estimate of drug-likeness (QED) is 0.0815. The maximum atomic E-state index is 15.3. The highest BCUT2D eigenvalue weighted by Gasteiger charge is 2.32. The van der Waals surface area contributed by atoms with Gasteiger partial charge in [0.05, 0.1) is 47.1 Å². The average Bonchev–Trinajstić information content (AvgIpc) is 1.41. The number of hydrogen-bond acceptors (Lipinski definition) is 15. The van der Waals surface area contributed by atoms with Crippen LogP contribution < -0.4 is 36.1 Å². The van der Waals surface area contributed by atoms with Crippen molar-refractivity contribution >= 4 is 115 Å². The zero-order chi connectivity index (χ0) is 69.3. The van der Waals surface area contributed by atoms with Crippen LogP contribution in [0.15, 0.2) is 116 Å². The van der Waals surface area contributed by atoms with Gasteiger partial charge >= 0.3 is 0 Å². The van der Waals surface area contributed by atoms with Gasteiger partial charge in [-0.15, -0.1) is 0 Å². The third-order valence-electron chi connectivity index (χ3n) is 16.4. The van der Waals surface area contributed by atoms with Crippen LogP contribution in [-0.4, -0.2) is 80.6 Å². The Hall–Kier alpha value is -9.05. The summed E-state index contributed by atoms with van der Waals surface area (Å²) in [5.74, 6) is 2.93. The van der Waals surface area contributed by atoms with Gasteiger partial charge < -0.3 is 36.1 Å². The van der Waals surface area contributed by atoms with Crippen LogP contribution in [0.3, 0.4) is 0 Å². The minimum atomic E-state index is -0.608. The van der Waals surface area contributed by atoms with Crippen molar-refractivity contribution in [3.05, 3.63) is 210 Å². The molecular weight excluding hydrogens is 1330 g/mol. The van der Waals surface area contributed by atoms with Gasteiger partial charge in [0.25, 0.3) is 0 Å². The first-order chi connectivity index (χ1) is 45.7. The first-order valence-corrected chi connectivity index (χ1v) is 32.6. The number of hydrogen-bond donors (Lipinski definition) is 3. The first kappa shape index (κ1) is 69.8. The molecule has 0 aliphatic heterocycles. The lowest BCUT2D eigenvalue weighted by Gasteiger charge is -2.23. The van der Waals surface area contributed by atoms with Crippen LogP contribution in [0.5, 0.6) is 23.0 Å². The second kappa shape index (κ2) is 29.1. The van der Waals surface area contributed by atoms with Gasteiger partial charge in [0.1, 0.15) is 57.0 Å². The smallest absolute Gasteiger partial charge is 0.159 e. The lowest BCUT2D eigenvalue weighted by molar-refractivity contribution is -0.114. The van der Waals surface area contributed by atoms with Gasteiger partial charge in [-0.25, -0.2) is 38.7 Å². The van der Waals surface area contributed by atoms with E-state index in [4.69, 9.17) is 94.2 Å². The highest BCUT2D eigenvalue weighted by molar-refractivity contribution is 6.34. The number of allylic oxidation sites excluding steroid dienone is 8. The Morgan fingerprint density at radius 1 is 0.542 bits per heavy atom. The summed E-state index contributed by atoms with van der Waals surface area (Å²) in [6, 6.07) is 13.3. The average molecular weight is 1400 g/mol. The van der Waals surface area contributed by atoms with Gasteiger partial charge in [-0.3, -0.25) is 22.8 Å². The fraction of sp³-hybridized carbons (Fsp3) is 0.268. The monoisotopic (exact) mass is 1400 g/mol. The summed E-state index contributed by atoms with van der Waals surface area (Å²) in [6.45, 7) is 20.1. The number of nitrogens with zero attached hydrogens (tertiary/aromatic N) is 9. The predicted molar refractivity (Wildman–Crippen MR) is 377 cm³/mol. The van der Waals surface area contributed by atoms with Crippen molar-refractivity contribution in [2.75, 3.05) is 30.9 Å². The van der Waals surface area contributed by atoms with E-state index in [1.54, 1.807) is 83.3 Å². The third-order valence-corrected chi connectivity index (χ3v) is 17.7. The molecule has 2 aliphatic rings. The van der Waals surface area contributed by atoms with E-state index in [0.717, 1.165) is 34.0 Å². The maximum absolute atomic E-state index is 15.3. The number of ether oxygens (including phenoxy) is 4. The van der Waals surface area contributed by atoms with Crippen LogP contribution in [0.4, 0.5) is 26.2 Å². The van der Waals surface area contributed by atoms with Crippen LogP contribution in [0.2, 0.25) is 25.5 Å². The minimum absolute atomic E-state index is 0.0548. The molecule has 25 heteroatoms. The topological polar surface area (TPSA) is 240 Å². The molecule has 498 valence electrons. The molecule has 6 N–H and O–H groups in total. The number of carbonyl (C=O) groups is 2. The van der Waals surface area contributed by atoms with Crippen molar-refractivity contribution < 1.29 is 37.3 Å². The molecule has 6 heterocycles. The van der Waals surface area contributed by atoms with Crippen LogP contribution in [0, 0.1) is 25.5 Å². The summed E-state index contributed by atoms with van der Waals surface area (Å²) in [5, 5.41) is 0.659. The predicted octanol–water partition coefficient (Wildman–Crippen LogP) is 17.0. The van der Waals surface area contributed by atoms with Gasteiger partial charge in [-0.1, -0.05) is 121 Å². The summed E-state index contributed by atoms with van der Waals surface area (Å²) in [6.07, 6.45) is 19.3. The lowest BCUT2D eigenvalue weighted by atomic mass is 9.88. The van der Waals surface area contributed by atoms with E-state index in [2.05, 4.69) is 68.9 Å². The summed E-state index contributed by atoms with van der Waals surface area (Å²) in [5.41, 5.74) is 27.9. The van der Waals surface area contributed by atoms with Gasteiger partial charge in [0, 0.05) is 90.0 Å². The highest BCUT2D eigenvalue weighted by atomic mass is 35.5. The number of halogens is 7. The van der Waals surface area contributed by atoms with Crippen LogP contribution in [-0.2, 0) is 9.59 Å². The van der Waals surface area contributed by atoms with E-state index >= 15 is 8.78 Å². The van der Waals surface area contributed by atoms with Crippen LogP contribution in [0.25, 0.3) is 38.8 Å². The number of rotatable bonds is 16. The molecule has 3 atom stereocenters. The van der Waals surface area contributed by atoms with E-state index in [-0.39, 0.29) is 85.6 Å². The Labute approximate surface area is 578 Å². The number of ketones is 2. The largest absolute Gasteiger partial charge is 0.497 e. The zero-order valence-corrected chi connectivity index (χ0v) is 58.1. The van der Waals surface area contributed by atoms with E-state index in [9.17, 15) is 9.59 Å². The molecular formula is C71H69Cl5F2N12O6. The second-order valence-electron chi connectivity index (χ2n) is 23.4. The standard InChI is InChI=1S/C25H27ClN4O2.2C23H21Cl2FN4O2/c1-6-32-22-19(16(4)25-29-23(26)21-24(27)28-11-12-30(21)25)13-14(2)15(3)20(22)17-7-9-18(31-5)10-8-17;2*1-11(2)32-20-15(10-16(24)18(26)17(20)13-4-6-14(31)7-5-13)12(3)23-29-21(25)19-22(27)28-8-9-30(19)23/h7-13,16H,6H2,1-5H3,(H2,27,28);2*4-6,8-12H,7H2,1-3H3,(H2,27,28)/t16-;2*12-/m110/s1. The number of carbonyl (C=O) groups excluding carboxylic acids is 2. The molecule has 10 aromatic rings. The molecule has 0 unspecified atom stereocenters. The summed E-state index contributed by atoms with van der Waals surface area (Å²) >= 11 is 31.8. The fourth-order valence-electron chi connectivity index (χ4n) is 11.7. The molecule has 0 bridgehead atoms. The van der Waals surface area contributed by atoms with Crippen LogP contribution >= 0.6 is 58.0 Å². The van der Waals surface area contributed by atoms with Gasteiger partial charge in [0.15, 0.2) is 56.1 Å². The molecule has 96 heavy (non-hydrogen) atoms. The summed E-state index contributed by atoms with van der Waals surface area (Å²) in [4.78, 5) is 49.2. The van der Waals surface area contributed by atoms with Crippen molar-refractivity contribution in [3.8, 4) is 34.1 Å². The maximum Gasteiger partial charge on any atom is 0.159 e. The Bertz CT molecular complexity index is 4630. The molecule has 12 rings (SSSR count). The molecule has 0 radical (unpaired) electrons. The molecule has 6 aromatic heterocycles. The molecule has 0 spiro atoms. The number of fused-ring (bicyclic) bond motifs is 3. The number of aryl methyl sites for hydroxylation is 1. The number of nitrogen functional groups attached to an aromatic ring is 3. The van der Waals surface area contributed by atoms with Gasteiger partial charge in [-0.2, -0.15) is 0 Å². The van der Waals surface area contributed by atoms with E-state index in [1.165, 1.54) is 23.3 Å². The number of aromatic nitrogens is 9. The minimum Gasteiger partial charge on any atom is -0.497 e. The number of benzene rings is 4. The molecule has 0 amide bonds. The third kappa shape index (κ3) is 13.8. The van der Waals surface area contributed by atoms with E-state index < -0.39 is 23.5 Å².